The van der Waals surface area contributed by atoms with Gasteiger partial charge in [0.05, 0.1) is 25.1 Å². The van der Waals surface area contributed by atoms with Gasteiger partial charge in [0.1, 0.15) is 5.01 Å². The fraction of sp³-hybridized carbons (Fsp3) is 0.278. The maximum atomic E-state index is 4.71. The first-order chi connectivity index (χ1) is 12.3. The van der Waals surface area contributed by atoms with Crippen LogP contribution in [0.25, 0.3) is 5.69 Å². The third kappa shape index (κ3) is 4.67. The van der Waals surface area contributed by atoms with Crippen molar-refractivity contribution in [3.8, 4) is 5.69 Å². The van der Waals surface area contributed by atoms with Crippen LogP contribution in [0.15, 0.2) is 54.2 Å². The molecule has 0 atom stereocenters. The van der Waals surface area contributed by atoms with Crippen LogP contribution in [0.5, 0.6) is 0 Å². The Hall–Kier alpha value is -2.67. The van der Waals surface area contributed by atoms with Crippen molar-refractivity contribution in [1.29, 1.82) is 0 Å². The van der Waals surface area contributed by atoms with Crippen LogP contribution in [0.4, 0.5) is 0 Å². The highest BCUT2D eigenvalue weighted by Gasteiger charge is 2.05. The number of benzene rings is 1. The van der Waals surface area contributed by atoms with E-state index in [1.54, 1.807) is 23.9 Å². The fourth-order valence-corrected chi connectivity index (χ4v) is 3.17. The summed E-state index contributed by atoms with van der Waals surface area (Å²) in [6.07, 6.45) is 7.42. The molecule has 6 nitrogen and oxygen atoms in total. The van der Waals surface area contributed by atoms with E-state index in [0.29, 0.717) is 13.1 Å². The molecule has 130 valence electrons. The Labute approximate surface area is 151 Å². The Bertz CT molecular complexity index is 822. The molecule has 1 aromatic carbocycles. The Morgan fingerprint density at radius 2 is 2.16 bits per heavy atom. The lowest BCUT2D eigenvalue weighted by atomic mass is 10.2. The number of hydrogen-bond donors (Lipinski definition) is 2. The van der Waals surface area contributed by atoms with Crippen molar-refractivity contribution in [2.75, 3.05) is 6.54 Å². The number of guanidine groups is 1. The van der Waals surface area contributed by atoms with Crippen LogP contribution in [0.1, 0.15) is 22.4 Å². The van der Waals surface area contributed by atoms with Gasteiger partial charge in [-0.15, -0.1) is 11.3 Å². The number of aliphatic imine (C=N–C) groups is 1. The van der Waals surface area contributed by atoms with Gasteiger partial charge >= 0.3 is 0 Å². The number of imidazole rings is 1. The molecular weight excluding hydrogens is 332 g/mol. The number of aryl methyl sites for hydroxylation is 1. The van der Waals surface area contributed by atoms with Crippen LogP contribution in [-0.4, -0.2) is 27.0 Å². The van der Waals surface area contributed by atoms with Gasteiger partial charge in [0.15, 0.2) is 5.96 Å². The Balaban J connectivity index is 1.71. The van der Waals surface area contributed by atoms with Crippen molar-refractivity contribution >= 4 is 17.3 Å². The molecule has 25 heavy (non-hydrogen) atoms. The van der Waals surface area contributed by atoms with E-state index in [9.17, 15) is 0 Å². The zero-order valence-corrected chi connectivity index (χ0v) is 15.3. The third-order valence-corrected chi connectivity index (χ3v) is 4.51. The number of para-hydroxylation sites is 1. The van der Waals surface area contributed by atoms with Crippen molar-refractivity contribution in [3.05, 3.63) is 64.6 Å². The Morgan fingerprint density at radius 3 is 2.88 bits per heavy atom. The molecule has 0 amide bonds. The molecule has 0 aliphatic heterocycles. The van der Waals surface area contributed by atoms with Gasteiger partial charge in [-0.3, -0.25) is 0 Å². The standard InChI is InChI=1S/C18H22N6S/c1-3-20-18(23-12-17-21-10-14(2)25-17)22-11-15-6-4-5-7-16(15)24-9-8-19-13-24/h4-10,13H,3,11-12H2,1-2H3,(H2,20,22,23). The van der Waals surface area contributed by atoms with Crippen LogP contribution >= 0.6 is 11.3 Å². The number of nitrogens with zero attached hydrogens (tertiary/aromatic N) is 4. The lowest BCUT2D eigenvalue weighted by Crippen LogP contribution is -2.36. The average Bonchev–Trinajstić information content (AvgIpc) is 3.29. The van der Waals surface area contributed by atoms with Gasteiger partial charge in [-0.1, -0.05) is 18.2 Å². The second-order valence-corrected chi connectivity index (χ2v) is 6.83. The summed E-state index contributed by atoms with van der Waals surface area (Å²) in [5.74, 6) is 0.788. The summed E-state index contributed by atoms with van der Waals surface area (Å²) in [6.45, 7) is 6.19. The van der Waals surface area contributed by atoms with Crippen LogP contribution in [0.3, 0.4) is 0 Å². The Morgan fingerprint density at radius 1 is 1.28 bits per heavy atom. The summed E-state index contributed by atoms with van der Waals surface area (Å²) in [5, 5.41) is 7.68. The van der Waals surface area contributed by atoms with Crippen LogP contribution in [-0.2, 0) is 13.1 Å². The van der Waals surface area contributed by atoms with Gasteiger partial charge < -0.3 is 15.2 Å². The first-order valence-corrected chi connectivity index (χ1v) is 9.07. The first kappa shape index (κ1) is 17.2. The quantitative estimate of drug-likeness (QED) is 0.528. The molecule has 2 heterocycles. The number of thiazole rings is 1. The molecule has 2 N–H and O–H groups in total. The molecule has 0 bridgehead atoms. The van der Waals surface area contributed by atoms with Gasteiger partial charge in [0.2, 0.25) is 0 Å². The van der Waals surface area contributed by atoms with E-state index in [1.165, 1.54) is 4.88 Å². The summed E-state index contributed by atoms with van der Waals surface area (Å²) in [7, 11) is 0. The van der Waals surface area contributed by atoms with Crippen molar-refractivity contribution in [1.82, 2.24) is 25.2 Å². The van der Waals surface area contributed by atoms with Gasteiger partial charge in [-0.05, 0) is 25.5 Å². The molecule has 0 aliphatic carbocycles. The lowest BCUT2D eigenvalue weighted by molar-refractivity contribution is 0.810. The SMILES string of the molecule is CCNC(=NCc1ccccc1-n1ccnc1)NCc1ncc(C)s1. The van der Waals surface area contributed by atoms with E-state index in [1.807, 2.05) is 29.1 Å². The van der Waals surface area contributed by atoms with Gasteiger partial charge in [0, 0.05) is 30.0 Å². The highest BCUT2D eigenvalue weighted by molar-refractivity contribution is 7.11. The van der Waals surface area contributed by atoms with E-state index in [4.69, 9.17) is 4.99 Å². The summed E-state index contributed by atoms with van der Waals surface area (Å²) in [5.41, 5.74) is 2.23. The molecule has 0 unspecified atom stereocenters. The zero-order chi connectivity index (χ0) is 17.5. The molecular formula is C18H22N6S. The lowest BCUT2D eigenvalue weighted by Gasteiger charge is -2.12. The predicted molar refractivity (Wildman–Crippen MR) is 102 cm³/mol. The highest BCUT2D eigenvalue weighted by atomic mass is 32.1. The largest absolute Gasteiger partial charge is 0.357 e. The minimum atomic E-state index is 0.584. The zero-order valence-electron chi connectivity index (χ0n) is 14.4. The number of aromatic nitrogens is 3. The molecule has 0 radical (unpaired) electrons. The molecule has 0 spiro atoms. The molecule has 0 saturated heterocycles. The summed E-state index contributed by atoms with van der Waals surface area (Å²) < 4.78 is 2.00. The van der Waals surface area contributed by atoms with E-state index < -0.39 is 0 Å². The second kappa shape index (κ2) is 8.43. The maximum absolute atomic E-state index is 4.71. The third-order valence-electron chi connectivity index (χ3n) is 3.60. The number of nitrogens with one attached hydrogen (secondary N) is 2. The molecule has 0 fully saturated rings. The monoisotopic (exact) mass is 354 g/mol. The van der Waals surface area contributed by atoms with E-state index in [0.717, 1.165) is 28.8 Å². The second-order valence-electron chi connectivity index (χ2n) is 5.51. The van der Waals surface area contributed by atoms with E-state index in [2.05, 4.69) is 46.6 Å². The maximum Gasteiger partial charge on any atom is 0.191 e. The van der Waals surface area contributed by atoms with Gasteiger partial charge in [-0.25, -0.2) is 15.0 Å². The van der Waals surface area contributed by atoms with Crippen molar-refractivity contribution < 1.29 is 0 Å². The van der Waals surface area contributed by atoms with Crippen LogP contribution in [0, 0.1) is 6.92 Å². The van der Waals surface area contributed by atoms with Crippen LogP contribution in [0.2, 0.25) is 0 Å². The first-order valence-electron chi connectivity index (χ1n) is 8.26. The minimum absolute atomic E-state index is 0.584. The molecule has 2 aromatic heterocycles. The predicted octanol–water partition coefficient (Wildman–Crippen LogP) is 2.89. The van der Waals surface area contributed by atoms with E-state index >= 15 is 0 Å². The summed E-state index contributed by atoms with van der Waals surface area (Å²) >= 11 is 1.70. The molecule has 3 aromatic rings. The number of hydrogen-bond acceptors (Lipinski definition) is 4. The number of rotatable bonds is 6. The summed E-state index contributed by atoms with van der Waals surface area (Å²) in [4.78, 5) is 14.4. The topological polar surface area (TPSA) is 67.1 Å². The van der Waals surface area contributed by atoms with Crippen molar-refractivity contribution in [2.24, 2.45) is 4.99 Å². The highest BCUT2D eigenvalue weighted by Crippen LogP contribution is 2.15. The Kier molecular flexibility index (Phi) is 5.79. The smallest absolute Gasteiger partial charge is 0.191 e. The normalized spacial score (nSPS) is 11.5. The molecule has 0 aliphatic rings. The van der Waals surface area contributed by atoms with Crippen LogP contribution < -0.4 is 10.6 Å². The fourth-order valence-electron chi connectivity index (χ4n) is 2.45. The summed E-state index contributed by atoms with van der Waals surface area (Å²) in [6, 6.07) is 8.22. The average molecular weight is 354 g/mol. The minimum Gasteiger partial charge on any atom is -0.357 e. The van der Waals surface area contributed by atoms with E-state index in [-0.39, 0.29) is 0 Å². The van der Waals surface area contributed by atoms with Gasteiger partial charge in [-0.2, -0.15) is 0 Å². The van der Waals surface area contributed by atoms with Crippen molar-refractivity contribution in [3.63, 3.8) is 0 Å². The van der Waals surface area contributed by atoms with Crippen molar-refractivity contribution in [2.45, 2.75) is 26.9 Å². The molecule has 3 rings (SSSR count). The van der Waals surface area contributed by atoms with Gasteiger partial charge in [0.25, 0.3) is 0 Å². The molecule has 7 heteroatoms. The molecule has 0 saturated carbocycles.